The van der Waals surface area contributed by atoms with Gasteiger partial charge in [-0.25, -0.2) is 17.9 Å². The van der Waals surface area contributed by atoms with Crippen LogP contribution in [0.5, 0.6) is 0 Å². The van der Waals surface area contributed by atoms with Crippen molar-refractivity contribution >= 4 is 22.1 Å². The Hall–Kier alpha value is -1.82. The van der Waals surface area contributed by atoms with Crippen molar-refractivity contribution in [1.29, 1.82) is 0 Å². The van der Waals surface area contributed by atoms with Crippen LogP contribution < -0.4 is 10.0 Å². The Morgan fingerprint density at radius 1 is 1.26 bits per heavy atom. The third-order valence-electron chi connectivity index (χ3n) is 2.36. The van der Waals surface area contributed by atoms with Gasteiger partial charge < -0.3 is 5.32 Å². The van der Waals surface area contributed by atoms with E-state index >= 15 is 0 Å². The fourth-order valence-electron chi connectivity index (χ4n) is 1.34. The zero-order chi connectivity index (χ0) is 14.3. The third-order valence-corrected chi connectivity index (χ3v) is 3.78. The van der Waals surface area contributed by atoms with E-state index in [1.807, 2.05) is 29.8 Å². The van der Waals surface area contributed by atoms with E-state index in [1.54, 1.807) is 12.1 Å². The molecule has 0 aromatic heterocycles. The molecule has 0 aliphatic rings. The summed E-state index contributed by atoms with van der Waals surface area (Å²) in [6, 6.07) is 8.34. The standard InChI is InChI=1S/C13H18N2O3S/c1-3-9-14-13(16)15-19(17,18)11(2)10-12-7-5-4-6-8-12/h4-8,10H,3,9H2,1-2H3,(H2,14,15,16). The Kier molecular flexibility index (Phi) is 5.57. The Bertz CT molecular complexity index is 551. The van der Waals surface area contributed by atoms with Crippen LogP contribution in [0.25, 0.3) is 6.08 Å². The summed E-state index contributed by atoms with van der Waals surface area (Å²) in [5.74, 6) is 0. The van der Waals surface area contributed by atoms with Gasteiger partial charge in [0, 0.05) is 6.54 Å². The van der Waals surface area contributed by atoms with E-state index in [1.165, 1.54) is 13.0 Å². The molecule has 0 aliphatic heterocycles. The molecule has 0 atom stereocenters. The zero-order valence-electron chi connectivity index (χ0n) is 11.0. The zero-order valence-corrected chi connectivity index (χ0v) is 11.8. The van der Waals surface area contributed by atoms with Crippen LogP contribution in [-0.2, 0) is 10.0 Å². The highest BCUT2D eigenvalue weighted by molar-refractivity contribution is 7.94. The number of carbonyl (C=O) groups excluding carboxylic acids is 1. The molecule has 2 N–H and O–H groups in total. The Morgan fingerprint density at radius 3 is 2.47 bits per heavy atom. The summed E-state index contributed by atoms with van der Waals surface area (Å²) in [6.07, 6.45) is 2.25. The van der Waals surface area contributed by atoms with Crippen molar-refractivity contribution in [3.63, 3.8) is 0 Å². The molecule has 0 aliphatic carbocycles. The topological polar surface area (TPSA) is 75.3 Å². The number of allylic oxidation sites excluding steroid dienone is 1. The lowest BCUT2D eigenvalue weighted by molar-refractivity contribution is 0.246. The van der Waals surface area contributed by atoms with Gasteiger partial charge in [-0.05, 0) is 25.0 Å². The first-order chi connectivity index (χ1) is 8.95. The van der Waals surface area contributed by atoms with Gasteiger partial charge in [0.25, 0.3) is 10.0 Å². The summed E-state index contributed by atoms with van der Waals surface area (Å²) in [7, 11) is -3.79. The van der Waals surface area contributed by atoms with Gasteiger partial charge in [-0.15, -0.1) is 0 Å². The average molecular weight is 282 g/mol. The van der Waals surface area contributed by atoms with Crippen LogP contribution in [-0.4, -0.2) is 21.0 Å². The molecule has 0 heterocycles. The van der Waals surface area contributed by atoms with Crippen molar-refractivity contribution in [2.24, 2.45) is 0 Å². The highest BCUT2D eigenvalue weighted by Gasteiger charge is 2.16. The Balaban J connectivity index is 2.77. The normalized spacial score (nSPS) is 12.0. The number of benzene rings is 1. The molecule has 2 amide bonds. The third kappa shape index (κ3) is 5.13. The first-order valence-electron chi connectivity index (χ1n) is 5.99. The van der Waals surface area contributed by atoms with Crippen LogP contribution in [0.3, 0.4) is 0 Å². The van der Waals surface area contributed by atoms with E-state index in [0.717, 1.165) is 12.0 Å². The van der Waals surface area contributed by atoms with Crippen molar-refractivity contribution in [1.82, 2.24) is 10.0 Å². The molecule has 0 fully saturated rings. The van der Waals surface area contributed by atoms with Crippen LogP contribution in [0.2, 0.25) is 0 Å². The van der Waals surface area contributed by atoms with Crippen molar-refractivity contribution < 1.29 is 13.2 Å². The van der Waals surface area contributed by atoms with Gasteiger partial charge in [0.2, 0.25) is 0 Å². The van der Waals surface area contributed by atoms with Gasteiger partial charge in [-0.1, -0.05) is 37.3 Å². The molecule has 0 unspecified atom stereocenters. The fraction of sp³-hybridized carbons (Fsp3) is 0.308. The van der Waals surface area contributed by atoms with Crippen LogP contribution in [0.15, 0.2) is 35.2 Å². The number of carbonyl (C=O) groups is 1. The van der Waals surface area contributed by atoms with Gasteiger partial charge in [0.15, 0.2) is 0 Å². The number of amides is 2. The minimum absolute atomic E-state index is 0.0883. The molecule has 0 saturated heterocycles. The number of urea groups is 1. The minimum atomic E-state index is -3.79. The predicted molar refractivity (Wildman–Crippen MR) is 75.8 cm³/mol. The molecule has 19 heavy (non-hydrogen) atoms. The number of hydrogen-bond donors (Lipinski definition) is 2. The van der Waals surface area contributed by atoms with Gasteiger partial charge in [-0.2, -0.15) is 0 Å². The molecule has 0 radical (unpaired) electrons. The van der Waals surface area contributed by atoms with Crippen molar-refractivity contribution in [3.05, 3.63) is 40.8 Å². The van der Waals surface area contributed by atoms with E-state index < -0.39 is 16.1 Å². The van der Waals surface area contributed by atoms with Crippen molar-refractivity contribution in [3.8, 4) is 0 Å². The lowest BCUT2D eigenvalue weighted by atomic mass is 10.2. The van der Waals surface area contributed by atoms with E-state index in [9.17, 15) is 13.2 Å². The van der Waals surface area contributed by atoms with Crippen LogP contribution in [0.1, 0.15) is 25.8 Å². The van der Waals surface area contributed by atoms with Gasteiger partial charge in [-0.3, -0.25) is 0 Å². The first kappa shape index (κ1) is 15.2. The highest BCUT2D eigenvalue weighted by atomic mass is 32.2. The largest absolute Gasteiger partial charge is 0.337 e. The molecule has 104 valence electrons. The fourth-order valence-corrected chi connectivity index (χ4v) is 2.11. The molecule has 0 saturated carbocycles. The summed E-state index contributed by atoms with van der Waals surface area (Å²) in [5.41, 5.74) is 0.763. The summed E-state index contributed by atoms with van der Waals surface area (Å²) < 4.78 is 25.7. The SMILES string of the molecule is CCCNC(=O)NS(=O)(=O)C(C)=Cc1ccccc1. The van der Waals surface area contributed by atoms with Crippen LogP contribution in [0.4, 0.5) is 4.79 Å². The summed E-state index contributed by atoms with van der Waals surface area (Å²) in [4.78, 5) is 11.4. The second kappa shape index (κ2) is 6.94. The number of sulfonamides is 1. The predicted octanol–water partition coefficient (Wildman–Crippen LogP) is 2.09. The quantitative estimate of drug-likeness (QED) is 0.868. The molecule has 6 heteroatoms. The van der Waals surface area contributed by atoms with Gasteiger partial charge >= 0.3 is 6.03 Å². The number of hydrogen-bond acceptors (Lipinski definition) is 3. The van der Waals surface area contributed by atoms with Gasteiger partial charge in [0.05, 0.1) is 4.91 Å². The monoisotopic (exact) mass is 282 g/mol. The van der Waals surface area contributed by atoms with Gasteiger partial charge in [0.1, 0.15) is 0 Å². The smallest absolute Gasteiger partial charge is 0.328 e. The lowest BCUT2D eigenvalue weighted by Crippen LogP contribution is -2.39. The summed E-state index contributed by atoms with van der Waals surface area (Å²) >= 11 is 0. The molecule has 5 nitrogen and oxygen atoms in total. The minimum Gasteiger partial charge on any atom is -0.337 e. The molecule has 1 aromatic rings. The van der Waals surface area contributed by atoms with Crippen LogP contribution in [0, 0.1) is 0 Å². The van der Waals surface area contributed by atoms with Crippen molar-refractivity contribution in [2.75, 3.05) is 6.54 Å². The number of rotatable bonds is 5. The summed E-state index contributed by atoms with van der Waals surface area (Å²) in [5, 5.41) is 2.45. The van der Waals surface area contributed by atoms with E-state index in [-0.39, 0.29) is 4.91 Å². The van der Waals surface area contributed by atoms with Crippen molar-refractivity contribution in [2.45, 2.75) is 20.3 Å². The van der Waals surface area contributed by atoms with E-state index in [0.29, 0.717) is 6.54 Å². The molecular formula is C13H18N2O3S. The molecule has 0 bridgehead atoms. The molecule has 1 aromatic carbocycles. The van der Waals surface area contributed by atoms with E-state index in [4.69, 9.17) is 0 Å². The molecular weight excluding hydrogens is 264 g/mol. The lowest BCUT2D eigenvalue weighted by Gasteiger charge is -2.08. The number of nitrogens with one attached hydrogen (secondary N) is 2. The summed E-state index contributed by atoms with van der Waals surface area (Å²) in [6.45, 7) is 3.76. The molecule has 1 rings (SSSR count). The van der Waals surface area contributed by atoms with E-state index in [2.05, 4.69) is 5.32 Å². The average Bonchev–Trinajstić information content (AvgIpc) is 2.37. The second-order valence-corrected chi connectivity index (χ2v) is 5.88. The maximum atomic E-state index is 11.9. The maximum absolute atomic E-state index is 11.9. The Labute approximate surface area is 113 Å². The maximum Gasteiger partial charge on any atom is 0.328 e. The molecule has 0 spiro atoms. The van der Waals surface area contributed by atoms with Crippen LogP contribution >= 0.6 is 0 Å². The first-order valence-corrected chi connectivity index (χ1v) is 7.48. The highest BCUT2D eigenvalue weighted by Crippen LogP contribution is 2.10. The second-order valence-electron chi connectivity index (χ2n) is 4.03. The Morgan fingerprint density at radius 2 is 1.89 bits per heavy atom.